The van der Waals surface area contributed by atoms with Gasteiger partial charge in [-0.25, -0.2) is 4.79 Å². The van der Waals surface area contributed by atoms with Crippen molar-refractivity contribution in [1.82, 2.24) is 4.68 Å². The van der Waals surface area contributed by atoms with E-state index in [9.17, 15) is 4.79 Å². The number of nitrogens with zero attached hydrogens (tertiary/aromatic N) is 1. The molecule has 0 saturated carbocycles. The van der Waals surface area contributed by atoms with Gasteiger partial charge in [-0.05, 0) is 18.2 Å². The predicted molar refractivity (Wildman–Crippen MR) is 53.2 cm³/mol. The van der Waals surface area contributed by atoms with E-state index in [-0.39, 0.29) is 5.56 Å². The van der Waals surface area contributed by atoms with Crippen LogP contribution in [0.2, 0.25) is 0 Å². The molecule has 2 aromatic heterocycles. The maximum Gasteiger partial charge on any atom is 0.339 e. The summed E-state index contributed by atoms with van der Waals surface area (Å²) in [7, 11) is 0. The molecule has 78 valence electrons. The van der Waals surface area contributed by atoms with E-state index in [1.54, 1.807) is 4.68 Å². The first kappa shape index (κ1) is 9.39. The number of carbonyl (C=O) groups is 1. The molecule has 0 aliphatic rings. The number of aromatic nitrogens is 1. The summed E-state index contributed by atoms with van der Waals surface area (Å²) in [5.41, 5.74) is 3.17. The molecule has 2 rings (SSSR count). The summed E-state index contributed by atoms with van der Waals surface area (Å²) < 4.78 is 6.80. The quantitative estimate of drug-likeness (QED) is 0.795. The van der Waals surface area contributed by atoms with E-state index >= 15 is 0 Å². The van der Waals surface area contributed by atoms with E-state index in [2.05, 4.69) is 5.43 Å². The lowest BCUT2D eigenvalue weighted by molar-refractivity contribution is 0.0694. The van der Waals surface area contributed by atoms with Crippen LogP contribution in [-0.2, 0) is 6.54 Å². The van der Waals surface area contributed by atoms with Crippen LogP contribution < -0.4 is 5.43 Å². The van der Waals surface area contributed by atoms with Crippen molar-refractivity contribution in [3.8, 4) is 0 Å². The molecular weight excluding hydrogens is 196 g/mol. The summed E-state index contributed by atoms with van der Waals surface area (Å²) in [6.45, 7) is 0.337. The van der Waals surface area contributed by atoms with E-state index in [1.807, 2.05) is 24.5 Å². The van der Waals surface area contributed by atoms with Gasteiger partial charge >= 0.3 is 5.97 Å². The van der Waals surface area contributed by atoms with Gasteiger partial charge in [0.05, 0.1) is 12.8 Å². The maximum absolute atomic E-state index is 10.7. The topological polar surface area (TPSA) is 67.4 Å². The third-order valence-electron chi connectivity index (χ3n) is 2.00. The number of hydrogen-bond donors (Lipinski definition) is 2. The number of nitrogens with one attached hydrogen (secondary N) is 1. The average molecular weight is 206 g/mol. The molecule has 0 bridgehead atoms. The Kier molecular flexibility index (Phi) is 2.45. The average Bonchev–Trinajstić information content (AvgIpc) is 2.86. The summed E-state index contributed by atoms with van der Waals surface area (Å²) >= 11 is 0. The Morgan fingerprint density at radius 1 is 1.47 bits per heavy atom. The van der Waals surface area contributed by atoms with E-state index in [1.165, 1.54) is 12.3 Å². The highest BCUT2D eigenvalue weighted by atomic mass is 16.4. The Morgan fingerprint density at radius 3 is 2.87 bits per heavy atom. The molecule has 0 amide bonds. The van der Waals surface area contributed by atoms with Gasteiger partial charge in [-0.2, -0.15) is 0 Å². The monoisotopic (exact) mass is 206 g/mol. The lowest BCUT2D eigenvalue weighted by atomic mass is 10.2. The van der Waals surface area contributed by atoms with Gasteiger partial charge in [0.15, 0.2) is 0 Å². The lowest BCUT2D eigenvalue weighted by Crippen LogP contribution is -2.13. The normalized spacial score (nSPS) is 10.1. The van der Waals surface area contributed by atoms with Crippen molar-refractivity contribution in [2.45, 2.75) is 6.54 Å². The molecule has 0 fully saturated rings. The number of hydrogen-bond acceptors (Lipinski definition) is 3. The number of carboxylic acids is 1. The molecule has 0 aromatic carbocycles. The van der Waals surface area contributed by atoms with Crippen LogP contribution in [0.25, 0.3) is 0 Å². The second kappa shape index (κ2) is 3.91. The molecule has 0 aliphatic carbocycles. The van der Waals surface area contributed by atoms with E-state index < -0.39 is 5.97 Å². The fraction of sp³-hybridized carbons (Fsp3) is 0.100. The smallest absolute Gasteiger partial charge is 0.339 e. The van der Waals surface area contributed by atoms with Crippen LogP contribution in [0.4, 0.5) is 0 Å². The summed E-state index contributed by atoms with van der Waals surface area (Å²) in [4.78, 5) is 10.7. The highest BCUT2D eigenvalue weighted by Crippen LogP contribution is 2.10. The highest BCUT2D eigenvalue weighted by molar-refractivity contribution is 5.88. The van der Waals surface area contributed by atoms with Gasteiger partial charge in [-0.3, -0.25) is 4.68 Å². The summed E-state index contributed by atoms with van der Waals surface area (Å²) in [6, 6.07) is 5.18. The molecule has 0 aliphatic heterocycles. The van der Waals surface area contributed by atoms with Crippen molar-refractivity contribution in [2.75, 3.05) is 5.43 Å². The Bertz CT molecular complexity index is 445. The minimum Gasteiger partial charge on any atom is -0.478 e. The molecule has 0 atom stereocenters. The Balaban J connectivity index is 2.05. The molecule has 0 saturated heterocycles. The first-order valence-electron chi connectivity index (χ1n) is 4.44. The molecule has 2 aromatic rings. The molecule has 15 heavy (non-hydrogen) atoms. The molecule has 0 spiro atoms. The van der Waals surface area contributed by atoms with Crippen LogP contribution in [0.5, 0.6) is 0 Å². The molecule has 5 nitrogen and oxygen atoms in total. The van der Waals surface area contributed by atoms with Gasteiger partial charge in [0.25, 0.3) is 0 Å². The zero-order valence-corrected chi connectivity index (χ0v) is 7.88. The van der Waals surface area contributed by atoms with Gasteiger partial charge in [-0.15, -0.1) is 0 Å². The van der Waals surface area contributed by atoms with E-state index in [0.717, 1.165) is 0 Å². The minimum absolute atomic E-state index is 0.189. The zero-order chi connectivity index (χ0) is 10.7. The summed E-state index contributed by atoms with van der Waals surface area (Å²) in [5, 5.41) is 8.82. The van der Waals surface area contributed by atoms with Crippen LogP contribution in [0.15, 0.2) is 41.3 Å². The largest absolute Gasteiger partial charge is 0.478 e. The van der Waals surface area contributed by atoms with Crippen LogP contribution >= 0.6 is 0 Å². The molecule has 0 unspecified atom stereocenters. The van der Waals surface area contributed by atoms with Crippen molar-refractivity contribution in [3.05, 3.63) is 48.2 Å². The van der Waals surface area contributed by atoms with Crippen LogP contribution in [0.1, 0.15) is 16.1 Å². The second-order valence-electron chi connectivity index (χ2n) is 2.99. The van der Waals surface area contributed by atoms with Crippen molar-refractivity contribution < 1.29 is 14.3 Å². The predicted octanol–water partition coefficient (Wildman–Crippen LogP) is 1.52. The third kappa shape index (κ3) is 2.01. The van der Waals surface area contributed by atoms with Crippen LogP contribution in [0.3, 0.4) is 0 Å². The fourth-order valence-corrected chi connectivity index (χ4v) is 1.27. The van der Waals surface area contributed by atoms with Crippen molar-refractivity contribution in [2.24, 2.45) is 0 Å². The maximum atomic E-state index is 10.7. The summed E-state index contributed by atoms with van der Waals surface area (Å²) in [6.07, 6.45) is 5.02. The van der Waals surface area contributed by atoms with Crippen LogP contribution in [-0.4, -0.2) is 15.8 Å². The molecule has 2 heterocycles. The number of aromatic carboxylic acids is 1. The molecular formula is C10H10N2O3. The molecule has 0 radical (unpaired) electrons. The third-order valence-corrected chi connectivity index (χ3v) is 2.00. The van der Waals surface area contributed by atoms with Gasteiger partial charge < -0.3 is 14.9 Å². The zero-order valence-electron chi connectivity index (χ0n) is 7.88. The number of carboxylic acid groups (broad SMARTS) is 1. The minimum atomic E-state index is -0.979. The summed E-state index contributed by atoms with van der Waals surface area (Å²) in [5.74, 6) is -0.566. The number of rotatable bonds is 4. The van der Waals surface area contributed by atoms with Crippen molar-refractivity contribution in [3.63, 3.8) is 0 Å². The first-order valence-corrected chi connectivity index (χ1v) is 4.44. The van der Waals surface area contributed by atoms with E-state index in [0.29, 0.717) is 12.3 Å². The fourth-order valence-electron chi connectivity index (χ4n) is 1.27. The Hall–Kier alpha value is -2.17. The van der Waals surface area contributed by atoms with Crippen LogP contribution in [0, 0.1) is 0 Å². The molecule has 2 N–H and O–H groups in total. The molecule has 5 heteroatoms. The highest BCUT2D eigenvalue weighted by Gasteiger charge is 2.12. The second-order valence-corrected chi connectivity index (χ2v) is 2.99. The lowest BCUT2D eigenvalue weighted by Gasteiger charge is -2.05. The van der Waals surface area contributed by atoms with Gasteiger partial charge in [-0.1, -0.05) is 0 Å². The van der Waals surface area contributed by atoms with Gasteiger partial charge in [0.1, 0.15) is 11.3 Å². The standard InChI is InChI=1S/C10H10N2O3/c13-10(14)8-3-6-15-9(8)7-11-12-4-1-2-5-12/h1-6,11H,7H2,(H,13,14). The van der Waals surface area contributed by atoms with Crippen molar-refractivity contribution in [1.29, 1.82) is 0 Å². The van der Waals surface area contributed by atoms with Gasteiger partial charge in [0.2, 0.25) is 0 Å². The first-order chi connectivity index (χ1) is 7.27. The number of furan rings is 1. The van der Waals surface area contributed by atoms with Crippen molar-refractivity contribution >= 4 is 5.97 Å². The Labute approximate surface area is 85.9 Å². The SMILES string of the molecule is O=C(O)c1ccoc1CNn1cccc1. The Morgan fingerprint density at radius 2 is 2.20 bits per heavy atom. The van der Waals surface area contributed by atoms with E-state index in [4.69, 9.17) is 9.52 Å². The van der Waals surface area contributed by atoms with Gasteiger partial charge in [0, 0.05) is 12.4 Å².